The molecule has 84 valence electrons. The summed E-state index contributed by atoms with van der Waals surface area (Å²) in [5.41, 5.74) is 0.667. The van der Waals surface area contributed by atoms with Gasteiger partial charge < -0.3 is 10.1 Å². The Hall–Kier alpha value is -1.03. The van der Waals surface area contributed by atoms with E-state index in [1.165, 1.54) is 4.88 Å². The Morgan fingerprint density at radius 1 is 1.47 bits per heavy atom. The first-order valence-electron chi connectivity index (χ1n) is 5.26. The van der Waals surface area contributed by atoms with E-state index in [1.54, 1.807) is 11.3 Å². The molecule has 0 spiro atoms. The van der Waals surface area contributed by atoms with E-state index in [0.29, 0.717) is 12.2 Å². The standard InChI is InChI=1S/C11H17NO2S/c1-4-8-7-9(11(13)14-6-3)10(15-8)12-5-2/h7,12H,4-6H2,1-3H3. The number of esters is 1. The van der Waals surface area contributed by atoms with Crippen molar-refractivity contribution in [3.63, 3.8) is 0 Å². The van der Waals surface area contributed by atoms with Crippen molar-refractivity contribution < 1.29 is 9.53 Å². The average molecular weight is 227 g/mol. The van der Waals surface area contributed by atoms with E-state index in [4.69, 9.17) is 4.74 Å². The van der Waals surface area contributed by atoms with Crippen molar-refractivity contribution in [2.75, 3.05) is 18.5 Å². The molecular formula is C11H17NO2S. The molecule has 1 aromatic heterocycles. The molecule has 0 amide bonds. The lowest BCUT2D eigenvalue weighted by atomic mass is 10.2. The van der Waals surface area contributed by atoms with Gasteiger partial charge in [-0.1, -0.05) is 6.92 Å². The van der Waals surface area contributed by atoms with Crippen LogP contribution in [0.4, 0.5) is 5.00 Å². The molecule has 0 saturated heterocycles. The Morgan fingerprint density at radius 3 is 2.73 bits per heavy atom. The summed E-state index contributed by atoms with van der Waals surface area (Å²) in [5.74, 6) is -0.232. The summed E-state index contributed by atoms with van der Waals surface area (Å²) in [6.07, 6.45) is 0.947. The van der Waals surface area contributed by atoms with E-state index >= 15 is 0 Å². The molecule has 1 rings (SSSR count). The van der Waals surface area contributed by atoms with Crippen LogP contribution in [-0.4, -0.2) is 19.1 Å². The predicted molar refractivity (Wildman–Crippen MR) is 63.8 cm³/mol. The van der Waals surface area contributed by atoms with Gasteiger partial charge in [0.05, 0.1) is 12.2 Å². The lowest BCUT2D eigenvalue weighted by molar-refractivity contribution is 0.0528. The fourth-order valence-electron chi connectivity index (χ4n) is 1.27. The summed E-state index contributed by atoms with van der Waals surface area (Å²) in [5, 5.41) is 4.11. The molecule has 3 nitrogen and oxygen atoms in total. The van der Waals surface area contributed by atoms with Gasteiger partial charge in [-0.3, -0.25) is 0 Å². The lowest BCUT2D eigenvalue weighted by Crippen LogP contribution is -2.07. The van der Waals surface area contributed by atoms with Crippen LogP contribution in [0.2, 0.25) is 0 Å². The third-order valence-electron chi connectivity index (χ3n) is 1.96. The van der Waals surface area contributed by atoms with Gasteiger partial charge in [0.1, 0.15) is 5.00 Å². The van der Waals surface area contributed by atoms with Crippen molar-refractivity contribution in [1.82, 2.24) is 0 Å². The molecule has 1 aromatic rings. The highest BCUT2D eigenvalue weighted by Gasteiger charge is 2.15. The van der Waals surface area contributed by atoms with Gasteiger partial charge in [0.15, 0.2) is 0 Å². The third-order valence-corrected chi connectivity index (χ3v) is 3.20. The fourth-order valence-corrected chi connectivity index (χ4v) is 2.32. The van der Waals surface area contributed by atoms with Crippen molar-refractivity contribution in [1.29, 1.82) is 0 Å². The summed E-state index contributed by atoms with van der Waals surface area (Å²) in [6, 6.07) is 1.92. The molecule has 0 saturated carbocycles. The minimum absolute atomic E-state index is 0.232. The van der Waals surface area contributed by atoms with E-state index in [2.05, 4.69) is 12.2 Å². The van der Waals surface area contributed by atoms with Crippen LogP contribution in [0.15, 0.2) is 6.07 Å². The van der Waals surface area contributed by atoms with Crippen molar-refractivity contribution in [2.45, 2.75) is 27.2 Å². The molecular weight excluding hydrogens is 210 g/mol. The quantitative estimate of drug-likeness (QED) is 0.786. The number of anilines is 1. The Balaban J connectivity index is 2.92. The Bertz CT molecular complexity index is 333. The zero-order valence-electron chi connectivity index (χ0n) is 9.42. The number of rotatable bonds is 5. The summed E-state index contributed by atoms with van der Waals surface area (Å²) in [7, 11) is 0. The molecule has 0 aliphatic carbocycles. The molecule has 0 radical (unpaired) electrons. The topological polar surface area (TPSA) is 38.3 Å². The minimum atomic E-state index is -0.232. The SMILES string of the molecule is CCNc1sc(CC)cc1C(=O)OCC. The van der Waals surface area contributed by atoms with Crippen molar-refractivity contribution in [3.8, 4) is 0 Å². The Kier molecular flexibility index (Phi) is 4.62. The molecule has 0 aliphatic rings. The maximum Gasteiger partial charge on any atom is 0.341 e. The molecule has 4 heteroatoms. The predicted octanol–water partition coefficient (Wildman–Crippen LogP) is 2.92. The Morgan fingerprint density at radius 2 is 2.20 bits per heavy atom. The number of thiophene rings is 1. The van der Waals surface area contributed by atoms with E-state index in [9.17, 15) is 4.79 Å². The van der Waals surface area contributed by atoms with Crippen LogP contribution in [0.1, 0.15) is 36.0 Å². The van der Waals surface area contributed by atoms with Gasteiger partial charge in [-0.25, -0.2) is 4.79 Å². The van der Waals surface area contributed by atoms with Gasteiger partial charge in [0, 0.05) is 11.4 Å². The summed E-state index contributed by atoms with van der Waals surface area (Å²) >= 11 is 1.63. The molecule has 0 bridgehead atoms. The fraction of sp³-hybridized carbons (Fsp3) is 0.545. The second-order valence-electron chi connectivity index (χ2n) is 3.06. The number of nitrogens with one attached hydrogen (secondary N) is 1. The van der Waals surface area contributed by atoms with E-state index < -0.39 is 0 Å². The maximum absolute atomic E-state index is 11.6. The van der Waals surface area contributed by atoms with Gasteiger partial charge in [-0.15, -0.1) is 11.3 Å². The van der Waals surface area contributed by atoms with E-state index in [0.717, 1.165) is 18.0 Å². The van der Waals surface area contributed by atoms with Gasteiger partial charge in [-0.2, -0.15) is 0 Å². The third kappa shape index (κ3) is 2.96. The molecule has 0 fully saturated rings. The molecule has 15 heavy (non-hydrogen) atoms. The molecule has 0 aromatic carbocycles. The molecule has 0 unspecified atom stereocenters. The first-order chi connectivity index (χ1) is 7.22. The van der Waals surface area contributed by atoms with Gasteiger partial charge >= 0.3 is 5.97 Å². The highest BCUT2D eigenvalue weighted by atomic mass is 32.1. The van der Waals surface area contributed by atoms with Crippen molar-refractivity contribution in [3.05, 3.63) is 16.5 Å². The number of carbonyl (C=O) groups is 1. The highest BCUT2D eigenvalue weighted by Crippen LogP contribution is 2.29. The second kappa shape index (κ2) is 5.75. The molecule has 0 aliphatic heterocycles. The van der Waals surface area contributed by atoms with Crippen LogP contribution in [-0.2, 0) is 11.2 Å². The normalized spacial score (nSPS) is 10.1. The molecule has 0 atom stereocenters. The largest absolute Gasteiger partial charge is 0.462 e. The smallest absolute Gasteiger partial charge is 0.341 e. The van der Waals surface area contributed by atoms with Crippen LogP contribution in [0, 0.1) is 0 Å². The molecule has 1 heterocycles. The number of hydrogen-bond donors (Lipinski definition) is 1. The monoisotopic (exact) mass is 227 g/mol. The van der Waals surface area contributed by atoms with Gasteiger partial charge in [0.2, 0.25) is 0 Å². The maximum atomic E-state index is 11.6. The van der Waals surface area contributed by atoms with E-state index in [1.807, 2.05) is 19.9 Å². The van der Waals surface area contributed by atoms with Gasteiger partial charge in [-0.05, 0) is 26.3 Å². The number of carbonyl (C=O) groups excluding carboxylic acids is 1. The van der Waals surface area contributed by atoms with Crippen LogP contribution >= 0.6 is 11.3 Å². The summed E-state index contributed by atoms with van der Waals surface area (Å²) in [4.78, 5) is 12.8. The van der Waals surface area contributed by atoms with Crippen LogP contribution in [0.3, 0.4) is 0 Å². The molecule has 1 N–H and O–H groups in total. The zero-order chi connectivity index (χ0) is 11.3. The minimum Gasteiger partial charge on any atom is -0.462 e. The van der Waals surface area contributed by atoms with Gasteiger partial charge in [0.25, 0.3) is 0 Å². The van der Waals surface area contributed by atoms with Crippen LogP contribution in [0.5, 0.6) is 0 Å². The first-order valence-corrected chi connectivity index (χ1v) is 6.08. The Labute approximate surface area is 94.5 Å². The van der Waals surface area contributed by atoms with Crippen molar-refractivity contribution in [2.24, 2.45) is 0 Å². The van der Waals surface area contributed by atoms with Crippen molar-refractivity contribution >= 4 is 22.3 Å². The summed E-state index contributed by atoms with van der Waals surface area (Å²) < 4.78 is 5.00. The second-order valence-corrected chi connectivity index (χ2v) is 4.20. The van der Waals surface area contributed by atoms with Crippen LogP contribution < -0.4 is 5.32 Å². The lowest BCUT2D eigenvalue weighted by Gasteiger charge is -2.03. The number of ether oxygens (including phenoxy) is 1. The first kappa shape index (κ1) is 12.0. The summed E-state index contributed by atoms with van der Waals surface area (Å²) in [6.45, 7) is 7.15. The number of hydrogen-bond acceptors (Lipinski definition) is 4. The number of aryl methyl sites for hydroxylation is 1. The van der Waals surface area contributed by atoms with E-state index in [-0.39, 0.29) is 5.97 Å². The van der Waals surface area contributed by atoms with Crippen LogP contribution in [0.25, 0.3) is 0 Å². The average Bonchev–Trinajstić information content (AvgIpc) is 2.62. The zero-order valence-corrected chi connectivity index (χ0v) is 10.2. The highest BCUT2D eigenvalue weighted by molar-refractivity contribution is 7.16.